The molecule has 0 radical (unpaired) electrons. The number of fused-ring (bicyclic) bond motifs is 2. The summed E-state index contributed by atoms with van der Waals surface area (Å²) in [4.78, 5) is 4.94. The van der Waals surface area contributed by atoms with Crippen molar-refractivity contribution in [2.75, 3.05) is 5.73 Å². The van der Waals surface area contributed by atoms with Crippen LogP contribution in [0.2, 0.25) is 5.02 Å². The van der Waals surface area contributed by atoms with E-state index in [1.54, 1.807) is 0 Å². The molecule has 2 aromatic heterocycles. The van der Waals surface area contributed by atoms with E-state index < -0.39 is 0 Å². The van der Waals surface area contributed by atoms with Gasteiger partial charge in [-0.25, -0.2) is 0 Å². The second kappa shape index (κ2) is 5.73. The van der Waals surface area contributed by atoms with Crippen molar-refractivity contribution in [3.05, 3.63) is 46.6 Å². The van der Waals surface area contributed by atoms with Crippen molar-refractivity contribution in [3.8, 4) is 10.0 Å². The zero-order valence-corrected chi connectivity index (χ0v) is 14.7. The van der Waals surface area contributed by atoms with Crippen molar-refractivity contribution in [2.45, 2.75) is 32.1 Å². The molecule has 22 heavy (non-hydrogen) atoms. The first-order chi connectivity index (χ1) is 10.7. The van der Waals surface area contributed by atoms with Gasteiger partial charge in [0.05, 0.1) is 0 Å². The molecule has 0 unspecified atom stereocenters. The molecule has 0 atom stereocenters. The summed E-state index contributed by atoms with van der Waals surface area (Å²) in [6.07, 6.45) is 5.93. The summed E-state index contributed by atoms with van der Waals surface area (Å²) in [5.41, 5.74) is 12.4. The number of pyridine rings is 1. The molecule has 1 aliphatic rings. The van der Waals surface area contributed by atoms with Crippen molar-refractivity contribution in [2.24, 2.45) is 0 Å². The van der Waals surface area contributed by atoms with E-state index in [4.69, 9.17) is 22.3 Å². The Morgan fingerprint density at radius 2 is 1.82 bits per heavy atom. The van der Waals surface area contributed by atoms with Gasteiger partial charge in [-0.05, 0) is 0 Å². The van der Waals surface area contributed by atoms with Gasteiger partial charge in [0.2, 0.25) is 0 Å². The molecule has 0 spiro atoms. The molecule has 3 aromatic rings. The summed E-state index contributed by atoms with van der Waals surface area (Å²) >= 11 is 6.23. The van der Waals surface area contributed by atoms with Crippen LogP contribution in [0.4, 0.5) is 5.69 Å². The van der Waals surface area contributed by atoms with E-state index in [1.807, 2.05) is 12.1 Å². The standard InChI is InChI=1S/C18H17ClN2Se/c19-12-8-6-11(7-9-12)16-10-15-18(22-16)17(20)13-4-2-1-3-5-14(13)21-15/h6-10H,1-5H2,(H2,20,21). The van der Waals surface area contributed by atoms with Crippen LogP contribution in [-0.2, 0) is 12.8 Å². The van der Waals surface area contributed by atoms with Gasteiger partial charge in [0.15, 0.2) is 0 Å². The van der Waals surface area contributed by atoms with Crippen LogP contribution in [0, 0.1) is 0 Å². The summed E-state index contributed by atoms with van der Waals surface area (Å²) in [6, 6.07) is 10.3. The molecule has 0 saturated heterocycles. The summed E-state index contributed by atoms with van der Waals surface area (Å²) in [7, 11) is 0. The van der Waals surface area contributed by atoms with Gasteiger partial charge in [-0.3, -0.25) is 0 Å². The van der Waals surface area contributed by atoms with Crippen LogP contribution >= 0.6 is 11.6 Å². The van der Waals surface area contributed by atoms with Gasteiger partial charge < -0.3 is 0 Å². The van der Waals surface area contributed by atoms with E-state index >= 15 is 0 Å². The zero-order valence-electron chi connectivity index (χ0n) is 12.2. The zero-order chi connectivity index (χ0) is 15.1. The van der Waals surface area contributed by atoms with Crippen molar-refractivity contribution in [1.82, 2.24) is 4.98 Å². The number of aryl methyl sites for hydroxylation is 1. The molecule has 0 amide bonds. The second-order valence-electron chi connectivity index (χ2n) is 5.84. The number of nitrogens with zero attached hydrogens (tertiary/aromatic N) is 1. The topological polar surface area (TPSA) is 38.9 Å². The van der Waals surface area contributed by atoms with Crippen LogP contribution in [0.25, 0.3) is 19.8 Å². The molecule has 1 aliphatic carbocycles. The molecular weight excluding hydrogens is 359 g/mol. The predicted molar refractivity (Wildman–Crippen MR) is 94.8 cm³/mol. The Labute approximate surface area is 141 Å². The molecule has 0 fully saturated rings. The molecule has 0 saturated carbocycles. The molecule has 2 heterocycles. The average molecular weight is 376 g/mol. The molecule has 4 heteroatoms. The van der Waals surface area contributed by atoms with E-state index in [1.165, 1.54) is 44.8 Å². The molecule has 112 valence electrons. The van der Waals surface area contributed by atoms with Crippen molar-refractivity contribution in [3.63, 3.8) is 0 Å². The maximum atomic E-state index is 6.51. The summed E-state index contributed by atoms with van der Waals surface area (Å²) in [5, 5.41) is 0.775. The number of nitrogen functional groups attached to an aromatic ring is 1. The molecule has 4 rings (SSSR count). The molecule has 0 bridgehead atoms. The Bertz CT molecular complexity index is 836. The quantitative estimate of drug-likeness (QED) is 0.503. The van der Waals surface area contributed by atoms with E-state index in [2.05, 4.69) is 18.2 Å². The minimum absolute atomic E-state index is 0.238. The molecule has 0 aliphatic heterocycles. The number of halogens is 1. The predicted octanol–water partition coefficient (Wildman–Crippen LogP) is 4.46. The minimum atomic E-state index is 0.238. The Kier molecular flexibility index (Phi) is 3.73. The number of nitrogens with two attached hydrogens (primary N) is 1. The first kappa shape index (κ1) is 14.3. The Balaban J connectivity index is 1.87. The number of rotatable bonds is 1. The number of aromatic nitrogens is 1. The summed E-state index contributed by atoms with van der Waals surface area (Å²) < 4.78 is 2.62. The summed E-state index contributed by atoms with van der Waals surface area (Å²) in [5.74, 6) is 0. The van der Waals surface area contributed by atoms with Crippen LogP contribution in [0.1, 0.15) is 30.5 Å². The fourth-order valence-corrected chi connectivity index (χ4v) is 5.58. The third-order valence-electron chi connectivity index (χ3n) is 4.36. The average Bonchev–Trinajstić information content (AvgIpc) is 2.80. The van der Waals surface area contributed by atoms with E-state index in [-0.39, 0.29) is 14.5 Å². The molecule has 1 aromatic carbocycles. The van der Waals surface area contributed by atoms with Gasteiger partial charge in [-0.15, -0.1) is 0 Å². The van der Waals surface area contributed by atoms with Crippen molar-refractivity contribution in [1.29, 1.82) is 0 Å². The SMILES string of the molecule is Nc1c2c(nc3cc(-c4ccc(Cl)cc4)[se]c13)CCCCC2. The van der Waals surface area contributed by atoms with Gasteiger partial charge in [0.25, 0.3) is 0 Å². The van der Waals surface area contributed by atoms with Crippen LogP contribution in [0.15, 0.2) is 30.3 Å². The van der Waals surface area contributed by atoms with Crippen LogP contribution in [-0.4, -0.2) is 19.5 Å². The fourth-order valence-electron chi connectivity index (χ4n) is 3.18. The number of benzene rings is 1. The fraction of sp³-hybridized carbons (Fsp3) is 0.278. The number of hydrogen-bond acceptors (Lipinski definition) is 2. The third kappa shape index (κ3) is 2.48. The first-order valence-electron chi connectivity index (χ1n) is 7.69. The van der Waals surface area contributed by atoms with Gasteiger partial charge in [-0.2, -0.15) is 0 Å². The second-order valence-corrected chi connectivity index (χ2v) is 8.49. The van der Waals surface area contributed by atoms with Gasteiger partial charge >= 0.3 is 141 Å². The van der Waals surface area contributed by atoms with Gasteiger partial charge in [0.1, 0.15) is 0 Å². The Morgan fingerprint density at radius 1 is 1.05 bits per heavy atom. The number of anilines is 1. The van der Waals surface area contributed by atoms with Crippen molar-refractivity contribution < 1.29 is 0 Å². The van der Waals surface area contributed by atoms with Crippen LogP contribution in [0.5, 0.6) is 0 Å². The maximum absolute atomic E-state index is 6.51. The molecule has 2 nitrogen and oxygen atoms in total. The van der Waals surface area contributed by atoms with Crippen LogP contribution < -0.4 is 5.73 Å². The Hall–Kier alpha value is -1.28. The van der Waals surface area contributed by atoms with Gasteiger partial charge in [-0.1, -0.05) is 0 Å². The van der Waals surface area contributed by atoms with Crippen LogP contribution in [0.3, 0.4) is 0 Å². The molecular formula is C18H17ClN2Se. The van der Waals surface area contributed by atoms with E-state index in [0.29, 0.717) is 0 Å². The summed E-state index contributed by atoms with van der Waals surface area (Å²) in [6.45, 7) is 0. The normalized spacial score (nSPS) is 14.8. The molecule has 2 N–H and O–H groups in total. The third-order valence-corrected chi connectivity index (χ3v) is 7.14. The monoisotopic (exact) mass is 376 g/mol. The number of hydrogen-bond donors (Lipinski definition) is 1. The van der Waals surface area contributed by atoms with E-state index in [9.17, 15) is 0 Å². The Morgan fingerprint density at radius 3 is 2.64 bits per heavy atom. The van der Waals surface area contributed by atoms with E-state index in [0.717, 1.165) is 29.1 Å². The van der Waals surface area contributed by atoms with Crippen molar-refractivity contribution >= 4 is 41.6 Å². The first-order valence-corrected chi connectivity index (χ1v) is 9.78. The van der Waals surface area contributed by atoms with Gasteiger partial charge in [0, 0.05) is 0 Å².